The average Bonchev–Trinajstić information content (AvgIpc) is 2.92. The summed E-state index contributed by atoms with van der Waals surface area (Å²) in [4.78, 5) is 16.3. The Morgan fingerprint density at radius 3 is 2.72 bits per heavy atom. The number of carbonyl (C=O) groups is 1. The van der Waals surface area contributed by atoms with E-state index in [1.54, 1.807) is 11.3 Å². The lowest BCUT2D eigenvalue weighted by Gasteiger charge is -2.36. The van der Waals surface area contributed by atoms with Crippen LogP contribution >= 0.6 is 11.3 Å². The van der Waals surface area contributed by atoms with Crippen LogP contribution in [0.15, 0.2) is 17.5 Å². The lowest BCUT2D eigenvalue weighted by molar-refractivity contribution is -0.133. The molecule has 0 bridgehead atoms. The van der Waals surface area contributed by atoms with Crippen LogP contribution in [0, 0.1) is 0 Å². The molecule has 0 aliphatic carbocycles. The van der Waals surface area contributed by atoms with Gasteiger partial charge in [-0.3, -0.25) is 4.79 Å². The van der Waals surface area contributed by atoms with Crippen molar-refractivity contribution in [1.82, 2.24) is 4.90 Å². The summed E-state index contributed by atoms with van der Waals surface area (Å²) in [5, 5.41) is 3.38. The summed E-state index contributed by atoms with van der Waals surface area (Å²) < 4.78 is 0. The van der Waals surface area contributed by atoms with Crippen LogP contribution in [0.1, 0.15) is 19.8 Å². The van der Waals surface area contributed by atoms with E-state index in [0.29, 0.717) is 0 Å². The minimum atomic E-state index is -0.316. The monoisotopic (exact) mass is 267 g/mol. The van der Waals surface area contributed by atoms with E-state index in [2.05, 4.69) is 29.3 Å². The summed E-state index contributed by atoms with van der Waals surface area (Å²) in [6, 6.07) is 3.88. The Kier molecular flexibility index (Phi) is 4.60. The third kappa shape index (κ3) is 3.03. The third-order valence-corrected chi connectivity index (χ3v) is 4.26. The number of anilines is 1. The molecule has 1 aromatic heterocycles. The number of amides is 1. The molecule has 1 unspecified atom stereocenters. The quantitative estimate of drug-likeness (QED) is 0.900. The molecule has 1 amide bonds. The van der Waals surface area contributed by atoms with Crippen molar-refractivity contribution < 1.29 is 4.79 Å². The van der Waals surface area contributed by atoms with Gasteiger partial charge in [0.05, 0.1) is 11.0 Å². The summed E-state index contributed by atoms with van der Waals surface area (Å²) in [6.45, 7) is 5.44. The van der Waals surface area contributed by atoms with Crippen LogP contribution in [0.25, 0.3) is 0 Å². The molecule has 1 aliphatic heterocycles. The van der Waals surface area contributed by atoms with Gasteiger partial charge in [-0.25, -0.2) is 0 Å². The highest BCUT2D eigenvalue weighted by Gasteiger charge is 2.24. The molecule has 0 aromatic carbocycles. The molecule has 1 aromatic rings. The second-order valence-electron chi connectivity index (χ2n) is 4.66. The van der Waals surface area contributed by atoms with Gasteiger partial charge in [0.1, 0.15) is 0 Å². The van der Waals surface area contributed by atoms with Gasteiger partial charge in [-0.15, -0.1) is 11.3 Å². The summed E-state index contributed by atoms with van der Waals surface area (Å²) in [6.07, 6.45) is 1.74. The number of nitrogens with two attached hydrogens (primary N) is 1. The fourth-order valence-electron chi connectivity index (χ4n) is 2.27. The highest BCUT2D eigenvalue weighted by molar-refractivity contribution is 7.14. The molecule has 2 rings (SSSR count). The van der Waals surface area contributed by atoms with Crippen LogP contribution in [0.3, 0.4) is 0 Å². The van der Waals surface area contributed by atoms with E-state index in [9.17, 15) is 4.79 Å². The van der Waals surface area contributed by atoms with Gasteiger partial charge in [-0.05, 0) is 23.9 Å². The van der Waals surface area contributed by atoms with Crippen LogP contribution in [0.2, 0.25) is 0 Å². The number of carbonyl (C=O) groups excluding carboxylic acids is 1. The van der Waals surface area contributed by atoms with E-state index in [1.165, 1.54) is 5.00 Å². The molecule has 5 heteroatoms. The fourth-order valence-corrected chi connectivity index (χ4v) is 3.05. The highest BCUT2D eigenvalue weighted by Crippen LogP contribution is 2.22. The van der Waals surface area contributed by atoms with E-state index in [-0.39, 0.29) is 11.9 Å². The lowest BCUT2D eigenvalue weighted by Crippen LogP contribution is -2.53. The zero-order valence-corrected chi connectivity index (χ0v) is 11.7. The molecule has 0 spiro atoms. The van der Waals surface area contributed by atoms with Gasteiger partial charge in [0.15, 0.2) is 0 Å². The maximum atomic E-state index is 12.1. The molecular formula is C13H21N3OS. The second kappa shape index (κ2) is 6.20. The first-order valence-corrected chi connectivity index (χ1v) is 7.43. The molecule has 1 aliphatic rings. The van der Waals surface area contributed by atoms with Gasteiger partial charge >= 0.3 is 0 Å². The molecular weight excluding hydrogens is 246 g/mol. The number of thiophene rings is 1. The van der Waals surface area contributed by atoms with Crippen LogP contribution in [0.5, 0.6) is 0 Å². The molecule has 2 heterocycles. The second-order valence-corrected chi connectivity index (χ2v) is 5.58. The Hall–Kier alpha value is -1.07. The first-order chi connectivity index (χ1) is 8.72. The summed E-state index contributed by atoms with van der Waals surface area (Å²) in [7, 11) is 0. The molecule has 100 valence electrons. The number of nitrogens with zero attached hydrogens (tertiary/aromatic N) is 2. The Morgan fingerprint density at radius 2 is 2.17 bits per heavy atom. The van der Waals surface area contributed by atoms with E-state index < -0.39 is 0 Å². The van der Waals surface area contributed by atoms with Crippen LogP contribution in [-0.2, 0) is 4.79 Å². The highest BCUT2D eigenvalue weighted by atomic mass is 32.1. The van der Waals surface area contributed by atoms with Crippen molar-refractivity contribution in [3.05, 3.63) is 17.5 Å². The van der Waals surface area contributed by atoms with Crippen LogP contribution in [0.4, 0.5) is 5.00 Å². The van der Waals surface area contributed by atoms with Gasteiger partial charge < -0.3 is 15.5 Å². The average molecular weight is 267 g/mol. The van der Waals surface area contributed by atoms with Crippen molar-refractivity contribution >= 4 is 22.2 Å². The van der Waals surface area contributed by atoms with Crippen molar-refractivity contribution in [1.29, 1.82) is 0 Å². The standard InChI is InChI=1S/C13H21N3OS/c1-2-4-11(14)13(17)16-8-6-15(7-9-16)12-5-3-10-18-12/h3,5,10-11H,2,4,6-9,14H2,1H3. The Labute approximate surface area is 112 Å². The van der Waals surface area contributed by atoms with E-state index in [4.69, 9.17) is 5.73 Å². The maximum absolute atomic E-state index is 12.1. The van der Waals surface area contributed by atoms with Crippen molar-refractivity contribution in [2.24, 2.45) is 5.73 Å². The molecule has 0 saturated carbocycles. The normalized spacial score (nSPS) is 17.9. The SMILES string of the molecule is CCCC(N)C(=O)N1CCN(c2cccs2)CC1. The van der Waals surface area contributed by atoms with Crippen molar-refractivity contribution in [2.45, 2.75) is 25.8 Å². The Morgan fingerprint density at radius 1 is 1.44 bits per heavy atom. The summed E-state index contributed by atoms with van der Waals surface area (Å²) in [5.74, 6) is 0.114. The maximum Gasteiger partial charge on any atom is 0.239 e. The van der Waals surface area contributed by atoms with Gasteiger partial charge in [0, 0.05) is 26.2 Å². The largest absolute Gasteiger partial charge is 0.360 e. The molecule has 2 N–H and O–H groups in total. The molecule has 1 atom stereocenters. The predicted octanol–water partition coefficient (Wildman–Crippen LogP) is 1.52. The first-order valence-electron chi connectivity index (χ1n) is 6.55. The minimum absolute atomic E-state index is 0.114. The van der Waals surface area contributed by atoms with Crippen molar-refractivity contribution in [3.8, 4) is 0 Å². The van der Waals surface area contributed by atoms with Gasteiger partial charge in [0.2, 0.25) is 5.91 Å². The summed E-state index contributed by atoms with van der Waals surface area (Å²) in [5.41, 5.74) is 5.89. The Bertz CT molecular complexity index is 372. The topological polar surface area (TPSA) is 49.6 Å². The van der Waals surface area contributed by atoms with Gasteiger partial charge in [-0.1, -0.05) is 13.3 Å². The van der Waals surface area contributed by atoms with Crippen molar-refractivity contribution in [3.63, 3.8) is 0 Å². The predicted molar refractivity (Wildman–Crippen MR) is 76.0 cm³/mol. The minimum Gasteiger partial charge on any atom is -0.360 e. The smallest absolute Gasteiger partial charge is 0.239 e. The molecule has 1 fully saturated rings. The van der Waals surface area contributed by atoms with E-state index >= 15 is 0 Å². The number of rotatable bonds is 4. The zero-order valence-electron chi connectivity index (χ0n) is 10.8. The summed E-state index contributed by atoms with van der Waals surface area (Å²) >= 11 is 1.75. The first kappa shape index (κ1) is 13.4. The zero-order chi connectivity index (χ0) is 13.0. The van der Waals surface area contributed by atoms with Gasteiger partial charge in [-0.2, -0.15) is 0 Å². The molecule has 0 radical (unpaired) electrons. The van der Waals surface area contributed by atoms with E-state index in [1.807, 2.05) is 4.90 Å². The van der Waals surface area contributed by atoms with Crippen molar-refractivity contribution in [2.75, 3.05) is 31.1 Å². The molecule has 1 saturated heterocycles. The number of piperazine rings is 1. The van der Waals surface area contributed by atoms with E-state index in [0.717, 1.165) is 39.0 Å². The third-order valence-electron chi connectivity index (χ3n) is 3.33. The molecule has 4 nitrogen and oxygen atoms in total. The lowest BCUT2D eigenvalue weighted by atomic mass is 10.1. The fraction of sp³-hybridized carbons (Fsp3) is 0.615. The molecule has 18 heavy (non-hydrogen) atoms. The van der Waals surface area contributed by atoms with Gasteiger partial charge in [0.25, 0.3) is 0 Å². The number of hydrogen-bond acceptors (Lipinski definition) is 4. The van der Waals surface area contributed by atoms with Crippen LogP contribution < -0.4 is 10.6 Å². The number of hydrogen-bond donors (Lipinski definition) is 1. The Balaban J connectivity index is 1.85. The van der Waals surface area contributed by atoms with Crippen LogP contribution in [-0.4, -0.2) is 43.0 Å².